The highest BCUT2D eigenvalue weighted by Gasteiger charge is 2.27. The minimum Gasteiger partial charge on any atom is -0.393 e. The van der Waals surface area contributed by atoms with Crippen molar-refractivity contribution in [3.8, 4) is 0 Å². The van der Waals surface area contributed by atoms with Gasteiger partial charge in [0.05, 0.1) is 12.6 Å². The lowest BCUT2D eigenvalue weighted by Gasteiger charge is -2.23. The number of rotatable bonds is 7. The summed E-state index contributed by atoms with van der Waals surface area (Å²) in [6.07, 6.45) is 4.13. The maximum absolute atomic E-state index is 12.1. The number of likely N-dealkylation sites (tertiary alicyclic amines) is 1. The third-order valence-electron chi connectivity index (χ3n) is 3.40. The minimum atomic E-state index is -0.289. The summed E-state index contributed by atoms with van der Waals surface area (Å²) in [5.74, 6) is 0.395. The Labute approximate surface area is 110 Å². The lowest BCUT2D eigenvalue weighted by atomic mass is 10.0. The highest BCUT2D eigenvalue weighted by Crippen LogP contribution is 2.19. The van der Waals surface area contributed by atoms with E-state index in [9.17, 15) is 9.90 Å². The first-order valence-electron chi connectivity index (χ1n) is 6.48. The van der Waals surface area contributed by atoms with Gasteiger partial charge in [-0.05, 0) is 25.8 Å². The van der Waals surface area contributed by atoms with Crippen molar-refractivity contribution in [2.45, 2.75) is 19.4 Å². The summed E-state index contributed by atoms with van der Waals surface area (Å²) in [7, 11) is 0. The fourth-order valence-electron chi connectivity index (χ4n) is 2.28. The van der Waals surface area contributed by atoms with Crippen LogP contribution in [0.4, 0.5) is 0 Å². The van der Waals surface area contributed by atoms with Crippen LogP contribution in [0.25, 0.3) is 0 Å². The smallest absolute Gasteiger partial charge is 0.237 e. The van der Waals surface area contributed by atoms with E-state index in [0.29, 0.717) is 25.6 Å². The van der Waals surface area contributed by atoms with Crippen LogP contribution in [0.2, 0.25) is 0 Å². The zero-order valence-electron chi connectivity index (χ0n) is 11.2. The van der Waals surface area contributed by atoms with Crippen LogP contribution in [0.3, 0.4) is 0 Å². The average molecular weight is 252 g/mol. The Morgan fingerprint density at radius 1 is 1.50 bits per heavy atom. The first-order chi connectivity index (χ1) is 8.58. The van der Waals surface area contributed by atoms with E-state index in [0.717, 1.165) is 19.5 Å². The van der Waals surface area contributed by atoms with Crippen LogP contribution in [0.5, 0.6) is 0 Å². The van der Waals surface area contributed by atoms with Crippen molar-refractivity contribution in [2.24, 2.45) is 5.92 Å². The molecule has 1 N–H and O–H groups in total. The molecule has 0 spiro atoms. The molecule has 0 aromatic rings. The molecule has 1 heterocycles. The second kappa shape index (κ2) is 7.34. The van der Waals surface area contributed by atoms with Crippen molar-refractivity contribution in [3.63, 3.8) is 0 Å². The summed E-state index contributed by atoms with van der Waals surface area (Å²) in [5.41, 5.74) is 0. The number of nitrogens with zero attached hydrogens (tertiary/aromatic N) is 2. The number of hydrogen-bond donors (Lipinski definition) is 1. The van der Waals surface area contributed by atoms with Gasteiger partial charge in [-0.2, -0.15) is 0 Å². The molecular formula is C14H24N2O2. The van der Waals surface area contributed by atoms with E-state index in [1.807, 2.05) is 6.92 Å². The molecule has 2 unspecified atom stereocenters. The first-order valence-corrected chi connectivity index (χ1v) is 6.48. The van der Waals surface area contributed by atoms with E-state index in [1.165, 1.54) is 0 Å². The quantitative estimate of drug-likeness (QED) is 0.684. The largest absolute Gasteiger partial charge is 0.393 e. The third kappa shape index (κ3) is 4.27. The van der Waals surface area contributed by atoms with Crippen LogP contribution < -0.4 is 0 Å². The van der Waals surface area contributed by atoms with Gasteiger partial charge in [-0.1, -0.05) is 12.2 Å². The number of aliphatic hydroxyl groups excluding tert-OH is 1. The summed E-state index contributed by atoms with van der Waals surface area (Å²) in [4.78, 5) is 15.9. The Morgan fingerprint density at radius 2 is 2.11 bits per heavy atom. The highest BCUT2D eigenvalue weighted by molar-refractivity contribution is 5.78. The summed E-state index contributed by atoms with van der Waals surface area (Å²) in [5, 5.41) is 9.53. The molecule has 102 valence electrons. The number of carbonyl (C=O) groups excluding carboxylic acids is 1. The molecule has 0 bridgehead atoms. The average Bonchev–Trinajstić information content (AvgIpc) is 2.77. The van der Waals surface area contributed by atoms with Gasteiger partial charge in [0.1, 0.15) is 0 Å². The van der Waals surface area contributed by atoms with Gasteiger partial charge >= 0.3 is 0 Å². The number of amides is 1. The monoisotopic (exact) mass is 252 g/mol. The number of aliphatic hydroxyl groups is 1. The van der Waals surface area contributed by atoms with Gasteiger partial charge in [-0.25, -0.2) is 0 Å². The van der Waals surface area contributed by atoms with E-state index >= 15 is 0 Å². The molecule has 0 aliphatic carbocycles. The van der Waals surface area contributed by atoms with Crippen LogP contribution in [0.15, 0.2) is 25.3 Å². The van der Waals surface area contributed by atoms with Crippen molar-refractivity contribution in [2.75, 3.05) is 32.7 Å². The standard InChI is InChI=1S/C14H24N2O2/c1-4-7-16(8-5-2)14(18)11-15-9-6-13(10-15)12(3)17/h4-5,12-13,17H,1-2,6-11H2,3H3. The molecule has 0 saturated carbocycles. The third-order valence-corrected chi connectivity index (χ3v) is 3.40. The van der Waals surface area contributed by atoms with Gasteiger partial charge in [0, 0.05) is 19.6 Å². The molecule has 2 atom stereocenters. The van der Waals surface area contributed by atoms with Crippen LogP contribution in [-0.2, 0) is 4.79 Å². The van der Waals surface area contributed by atoms with E-state index in [-0.39, 0.29) is 12.0 Å². The van der Waals surface area contributed by atoms with Gasteiger partial charge in [0.25, 0.3) is 0 Å². The molecule has 0 aromatic heterocycles. The van der Waals surface area contributed by atoms with E-state index < -0.39 is 0 Å². The molecule has 4 heteroatoms. The fraction of sp³-hybridized carbons (Fsp3) is 0.643. The van der Waals surface area contributed by atoms with Crippen LogP contribution >= 0.6 is 0 Å². The Hall–Kier alpha value is -1.13. The fourth-order valence-corrected chi connectivity index (χ4v) is 2.28. The molecule has 1 aliphatic heterocycles. The van der Waals surface area contributed by atoms with Gasteiger partial charge in [0.15, 0.2) is 0 Å². The second-order valence-corrected chi connectivity index (χ2v) is 4.90. The zero-order valence-corrected chi connectivity index (χ0v) is 11.2. The number of hydrogen-bond acceptors (Lipinski definition) is 3. The molecule has 0 radical (unpaired) electrons. The topological polar surface area (TPSA) is 43.8 Å². The van der Waals surface area contributed by atoms with Crippen molar-refractivity contribution in [1.29, 1.82) is 0 Å². The lowest BCUT2D eigenvalue weighted by Crippen LogP contribution is -2.40. The predicted octanol–water partition coefficient (Wildman–Crippen LogP) is 0.890. The van der Waals surface area contributed by atoms with E-state index in [1.54, 1.807) is 17.1 Å². The molecule has 1 rings (SSSR count). The Morgan fingerprint density at radius 3 is 2.56 bits per heavy atom. The normalized spacial score (nSPS) is 21.6. The molecule has 18 heavy (non-hydrogen) atoms. The van der Waals surface area contributed by atoms with Crippen molar-refractivity contribution >= 4 is 5.91 Å². The maximum Gasteiger partial charge on any atom is 0.237 e. The predicted molar refractivity (Wildman–Crippen MR) is 73.2 cm³/mol. The molecule has 1 saturated heterocycles. The molecule has 1 amide bonds. The molecule has 0 aromatic carbocycles. The SMILES string of the molecule is C=CCN(CC=C)C(=O)CN1CCC(C(C)O)C1. The molecule has 1 aliphatic rings. The van der Waals surface area contributed by atoms with Gasteiger partial charge < -0.3 is 10.0 Å². The lowest BCUT2D eigenvalue weighted by molar-refractivity contribution is -0.131. The Bertz CT molecular complexity index is 292. The van der Waals surface area contributed by atoms with Gasteiger partial charge in [-0.3, -0.25) is 9.69 Å². The minimum absolute atomic E-state index is 0.0982. The van der Waals surface area contributed by atoms with Gasteiger partial charge in [-0.15, -0.1) is 13.2 Å². The Balaban J connectivity index is 2.43. The first kappa shape index (κ1) is 14.9. The number of carbonyl (C=O) groups is 1. The summed E-state index contributed by atoms with van der Waals surface area (Å²) < 4.78 is 0. The van der Waals surface area contributed by atoms with Crippen molar-refractivity contribution in [1.82, 2.24) is 9.80 Å². The summed E-state index contributed by atoms with van der Waals surface area (Å²) in [6.45, 7) is 12.4. The Kier molecular flexibility index (Phi) is 6.09. The molecule has 4 nitrogen and oxygen atoms in total. The molecule has 1 fully saturated rings. The summed E-state index contributed by atoms with van der Waals surface area (Å²) >= 11 is 0. The zero-order chi connectivity index (χ0) is 13.5. The molecular weight excluding hydrogens is 228 g/mol. The van der Waals surface area contributed by atoms with Crippen molar-refractivity contribution in [3.05, 3.63) is 25.3 Å². The van der Waals surface area contributed by atoms with Crippen LogP contribution in [0.1, 0.15) is 13.3 Å². The van der Waals surface area contributed by atoms with Crippen LogP contribution in [-0.4, -0.2) is 59.6 Å². The van der Waals surface area contributed by atoms with Gasteiger partial charge in [0.2, 0.25) is 5.91 Å². The van der Waals surface area contributed by atoms with Crippen LogP contribution in [0, 0.1) is 5.92 Å². The summed E-state index contributed by atoms with van der Waals surface area (Å²) in [6, 6.07) is 0. The van der Waals surface area contributed by atoms with E-state index in [4.69, 9.17) is 0 Å². The van der Waals surface area contributed by atoms with Crippen molar-refractivity contribution < 1.29 is 9.90 Å². The second-order valence-electron chi connectivity index (χ2n) is 4.90. The maximum atomic E-state index is 12.1. The van der Waals surface area contributed by atoms with E-state index in [2.05, 4.69) is 18.1 Å². The highest BCUT2D eigenvalue weighted by atomic mass is 16.3.